The van der Waals surface area contributed by atoms with Gasteiger partial charge in [-0.1, -0.05) is 77.4 Å². The van der Waals surface area contributed by atoms with E-state index in [1.165, 1.54) is 27.8 Å². The molecule has 35 heavy (non-hydrogen) atoms. The SMILES string of the molecule is CC(=NOCC(Cc1ccc(C)c(C)c1)c1cccc(C)c1)c1ccc(CNCCC(=O)O)cc1. The summed E-state index contributed by atoms with van der Waals surface area (Å²) in [7, 11) is 0. The molecule has 0 saturated heterocycles. The van der Waals surface area contributed by atoms with Crippen molar-refractivity contribution in [1.29, 1.82) is 0 Å². The minimum Gasteiger partial charge on any atom is -0.481 e. The molecule has 0 spiro atoms. The Balaban J connectivity index is 1.63. The number of carboxylic acids is 1. The lowest BCUT2D eigenvalue weighted by Crippen LogP contribution is -2.17. The van der Waals surface area contributed by atoms with Crippen molar-refractivity contribution in [3.05, 3.63) is 106 Å². The molecule has 0 aliphatic heterocycles. The van der Waals surface area contributed by atoms with Gasteiger partial charge in [-0.2, -0.15) is 0 Å². The van der Waals surface area contributed by atoms with Crippen molar-refractivity contribution in [3.8, 4) is 0 Å². The Bertz CT molecular complexity index is 1150. The van der Waals surface area contributed by atoms with Crippen LogP contribution in [0.5, 0.6) is 0 Å². The molecule has 5 heteroatoms. The van der Waals surface area contributed by atoms with Gasteiger partial charge in [0.05, 0.1) is 12.1 Å². The number of aryl methyl sites for hydroxylation is 3. The lowest BCUT2D eigenvalue weighted by molar-refractivity contribution is -0.136. The lowest BCUT2D eigenvalue weighted by Gasteiger charge is -2.18. The van der Waals surface area contributed by atoms with Crippen LogP contribution >= 0.6 is 0 Å². The molecule has 0 amide bonds. The zero-order valence-corrected chi connectivity index (χ0v) is 21.2. The van der Waals surface area contributed by atoms with Gasteiger partial charge in [0.25, 0.3) is 0 Å². The Hall–Kier alpha value is -3.44. The maximum Gasteiger partial charge on any atom is 0.304 e. The normalized spacial score (nSPS) is 12.4. The lowest BCUT2D eigenvalue weighted by atomic mass is 9.90. The van der Waals surface area contributed by atoms with Crippen molar-refractivity contribution < 1.29 is 14.7 Å². The van der Waals surface area contributed by atoms with Crippen molar-refractivity contribution in [2.45, 2.75) is 53.0 Å². The molecular weight excluding hydrogens is 436 g/mol. The summed E-state index contributed by atoms with van der Waals surface area (Å²) in [6, 6.07) is 23.4. The fraction of sp³-hybridized carbons (Fsp3) is 0.333. The highest BCUT2D eigenvalue weighted by atomic mass is 16.6. The van der Waals surface area contributed by atoms with Crippen molar-refractivity contribution in [1.82, 2.24) is 5.32 Å². The van der Waals surface area contributed by atoms with Gasteiger partial charge in [0.2, 0.25) is 0 Å². The molecule has 0 fully saturated rings. The molecule has 2 N–H and O–H groups in total. The van der Waals surface area contributed by atoms with E-state index in [9.17, 15) is 4.79 Å². The van der Waals surface area contributed by atoms with Crippen LogP contribution in [-0.2, 0) is 22.6 Å². The van der Waals surface area contributed by atoms with Crippen molar-refractivity contribution in [2.24, 2.45) is 5.16 Å². The van der Waals surface area contributed by atoms with Crippen LogP contribution in [0.15, 0.2) is 71.9 Å². The molecule has 0 saturated carbocycles. The third-order valence-corrected chi connectivity index (χ3v) is 6.26. The van der Waals surface area contributed by atoms with Crippen molar-refractivity contribution >= 4 is 11.7 Å². The van der Waals surface area contributed by atoms with Crippen LogP contribution in [0.2, 0.25) is 0 Å². The summed E-state index contributed by atoms with van der Waals surface area (Å²) in [5, 5.41) is 16.3. The van der Waals surface area contributed by atoms with Gasteiger partial charge in [-0.3, -0.25) is 4.79 Å². The molecule has 0 heterocycles. The smallest absolute Gasteiger partial charge is 0.304 e. The summed E-state index contributed by atoms with van der Waals surface area (Å²) in [6.07, 6.45) is 1.01. The van der Waals surface area contributed by atoms with Crippen LogP contribution in [0, 0.1) is 20.8 Å². The number of nitrogens with zero attached hydrogens (tertiary/aromatic N) is 1. The summed E-state index contributed by atoms with van der Waals surface area (Å²) in [6.45, 7) is 9.95. The number of aliphatic carboxylic acids is 1. The molecule has 0 aromatic heterocycles. The summed E-state index contributed by atoms with van der Waals surface area (Å²) < 4.78 is 0. The average molecular weight is 473 g/mol. The standard InChI is InChI=1S/C30H36N2O3/c1-21-6-5-7-28(16-21)29(18-26-9-8-22(2)23(3)17-26)20-35-32-24(4)27-12-10-25(11-13-27)19-31-15-14-30(33)34/h5-13,16-17,29,31H,14-15,18-20H2,1-4H3,(H,33,34). The van der Waals surface area contributed by atoms with E-state index >= 15 is 0 Å². The summed E-state index contributed by atoms with van der Waals surface area (Å²) in [5.41, 5.74) is 9.34. The van der Waals surface area contributed by atoms with Gasteiger partial charge in [-0.25, -0.2) is 0 Å². The quantitative estimate of drug-likeness (QED) is 0.194. The third-order valence-electron chi connectivity index (χ3n) is 6.26. The van der Waals surface area contributed by atoms with Crippen molar-refractivity contribution in [3.63, 3.8) is 0 Å². The fourth-order valence-corrected chi connectivity index (χ4v) is 3.98. The second-order valence-corrected chi connectivity index (χ2v) is 9.22. The number of rotatable bonds is 12. The summed E-state index contributed by atoms with van der Waals surface area (Å²) >= 11 is 0. The van der Waals surface area contributed by atoms with E-state index in [4.69, 9.17) is 9.94 Å². The van der Waals surface area contributed by atoms with Crippen LogP contribution < -0.4 is 5.32 Å². The fourth-order valence-electron chi connectivity index (χ4n) is 3.98. The number of oxime groups is 1. The largest absolute Gasteiger partial charge is 0.481 e. The van der Waals surface area contributed by atoms with Crippen LogP contribution in [0.4, 0.5) is 0 Å². The van der Waals surface area contributed by atoms with E-state index in [1.807, 2.05) is 31.2 Å². The molecule has 5 nitrogen and oxygen atoms in total. The maximum atomic E-state index is 10.6. The summed E-state index contributed by atoms with van der Waals surface area (Å²) in [4.78, 5) is 16.5. The first-order valence-electron chi connectivity index (χ1n) is 12.1. The van der Waals surface area contributed by atoms with E-state index in [1.54, 1.807) is 0 Å². The van der Waals surface area contributed by atoms with Crippen LogP contribution in [0.25, 0.3) is 0 Å². The van der Waals surface area contributed by atoms with Crippen LogP contribution in [-0.4, -0.2) is 29.9 Å². The van der Waals surface area contributed by atoms with E-state index in [0.717, 1.165) is 23.3 Å². The molecule has 0 aliphatic carbocycles. The van der Waals surface area contributed by atoms with E-state index < -0.39 is 5.97 Å². The minimum atomic E-state index is -0.793. The van der Waals surface area contributed by atoms with E-state index in [2.05, 4.69) is 73.7 Å². The predicted molar refractivity (Wildman–Crippen MR) is 142 cm³/mol. The maximum absolute atomic E-state index is 10.6. The highest BCUT2D eigenvalue weighted by Crippen LogP contribution is 2.24. The molecule has 0 aliphatic rings. The van der Waals surface area contributed by atoms with Crippen LogP contribution in [0.1, 0.15) is 58.2 Å². The molecule has 3 aromatic carbocycles. The van der Waals surface area contributed by atoms with E-state index in [0.29, 0.717) is 19.7 Å². The highest BCUT2D eigenvalue weighted by molar-refractivity contribution is 5.98. The zero-order chi connectivity index (χ0) is 25.2. The van der Waals surface area contributed by atoms with Crippen molar-refractivity contribution in [2.75, 3.05) is 13.2 Å². The zero-order valence-electron chi connectivity index (χ0n) is 21.2. The van der Waals surface area contributed by atoms with Gasteiger partial charge in [0, 0.05) is 19.0 Å². The predicted octanol–water partition coefficient (Wildman–Crippen LogP) is 5.94. The second kappa shape index (κ2) is 12.9. The Labute approximate surface area is 208 Å². The summed E-state index contributed by atoms with van der Waals surface area (Å²) in [5.74, 6) is -0.592. The third kappa shape index (κ3) is 8.37. The number of carboxylic acid groups (broad SMARTS) is 1. The molecule has 184 valence electrons. The molecule has 0 bridgehead atoms. The number of nitrogens with one attached hydrogen (secondary N) is 1. The van der Waals surface area contributed by atoms with Crippen LogP contribution in [0.3, 0.4) is 0 Å². The number of hydrogen-bond donors (Lipinski definition) is 2. The second-order valence-electron chi connectivity index (χ2n) is 9.22. The van der Waals surface area contributed by atoms with Gasteiger partial charge in [0.15, 0.2) is 0 Å². The van der Waals surface area contributed by atoms with E-state index in [-0.39, 0.29) is 12.3 Å². The number of hydrogen-bond acceptors (Lipinski definition) is 4. The monoisotopic (exact) mass is 472 g/mol. The topological polar surface area (TPSA) is 70.9 Å². The first-order valence-corrected chi connectivity index (χ1v) is 12.1. The number of carbonyl (C=O) groups is 1. The van der Waals surface area contributed by atoms with Gasteiger partial charge in [-0.15, -0.1) is 0 Å². The van der Waals surface area contributed by atoms with Gasteiger partial charge in [-0.05, 0) is 67.5 Å². The first kappa shape index (κ1) is 26.2. The molecule has 3 aromatic rings. The molecule has 0 radical (unpaired) electrons. The molecule has 1 atom stereocenters. The Morgan fingerprint density at radius 2 is 1.71 bits per heavy atom. The Morgan fingerprint density at radius 1 is 0.971 bits per heavy atom. The molecule has 1 unspecified atom stereocenters. The van der Waals surface area contributed by atoms with Gasteiger partial charge >= 0.3 is 5.97 Å². The Kier molecular flexibility index (Phi) is 9.62. The molecular formula is C30H36N2O3. The highest BCUT2D eigenvalue weighted by Gasteiger charge is 2.15. The molecule has 3 rings (SSSR count). The van der Waals surface area contributed by atoms with Gasteiger partial charge in [0.1, 0.15) is 6.61 Å². The van der Waals surface area contributed by atoms with Gasteiger partial charge < -0.3 is 15.3 Å². The first-order chi connectivity index (χ1) is 16.8. The minimum absolute atomic E-state index is 0.119. The average Bonchev–Trinajstić information content (AvgIpc) is 2.83. The number of benzene rings is 3. The Morgan fingerprint density at radius 3 is 2.40 bits per heavy atom.